The number of hydrogen-bond donors (Lipinski definition) is 0. The van der Waals surface area contributed by atoms with E-state index in [1.807, 2.05) is 0 Å². The molecule has 0 aromatic carbocycles. The maximum absolute atomic E-state index is 6.58. The molecule has 3 aliphatic rings. The normalized spacial score (nSPS) is 53.0. The maximum Gasteiger partial charge on any atom is 0.163 e. The van der Waals surface area contributed by atoms with Gasteiger partial charge in [0.15, 0.2) is 5.79 Å². The molecule has 2 nitrogen and oxygen atoms in total. The van der Waals surface area contributed by atoms with E-state index in [9.17, 15) is 0 Å². The van der Waals surface area contributed by atoms with Crippen molar-refractivity contribution in [3.05, 3.63) is 0 Å². The highest BCUT2D eigenvalue weighted by atomic mass is 16.7. The van der Waals surface area contributed by atoms with Crippen molar-refractivity contribution in [2.24, 2.45) is 22.7 Å². The summed E-state index contributed by atoms with van der Waals surface area (Å²) in [5, 5.41) is 0. The third-order valence-corrected chi connectivity index (χ3v) is 6.82. The van der Waals surface area contributed by atoms with Gasteiger partial charge in [0.1, 0.15) is 0 Å². The summed E-state index contributed by atoms with van der Waals surface area (Å²) >= 11 is 0. The topological polar surface area (TPSA) is 18.5 Å². The second-order valence-electron chi connectivity index (χ2n) is 8.10. The summed E-state index contributed by atoms with van der Waals surface area (Å²) < 4.78 is 12.4. The first-order valence-electron chi connectivity index (χ1n) is 7.49. The van der Waals surface area contributed by atoms with Gasteiger partial charge in [0.25, 0.3) is 0 Å². The lowest BCUT2D eigenvalue weighted by Crippen LogP contribution is -2.61. The van der Waals surface area contributed by atoms with Crippen LogP contribution in [0.1, 0.15) is 60.8 Å². The Kier molecular flexibility index (Phi) is 2.39. The lowest BCUT2D eigenvalue weighted by atomic mass is 9.60. The zero-order valence-corrected chi connectivity index (χ0v) is 12.8. The molecular weight excluding hydrogens is 224 g/mol. The predicted molar refractivity (Wildman–Crippen MR) is 72.2 cm³/mol. The number of hydrogen-bond acceptors (Lipinski definition) is 2. The first-order valence-corrected chi connectivity index (χ1v) is 7.49. The molecule has 1 spiro atoms. The lowest BCUT2D eigenvalue weighted by Gasteiger charge is -2.57. The molecule has 0 aromatic heterocycles. The molecule has 1 heterocycles. The van der Waals surface area contributed by atoms with Crippen LogP contribution in [-0.4, -0.2) is 18.0 Å². The van der Waals surface area contributed by atoms with Crippen molar-refractivity contribution in [2.75, 3.05) is 6.61 Å². The Hall–Kier alpha value is -0.0800. The van der Waals surface area contributed by atoms with Crippen LogP contribution in [0.4, 0.5) is 0 Å². The van der Waals surface area contributed by atoms with Crippen LogP contribution in [0.25, 0.3) is 0 Å². The fraction of sp³-hybridized carbons (Fsp3) is 1.00. The number of fused-ring (bicyclic) bond motifs is 3. The van der Waals surface area contributed by atoms with Crippen LogP contribution < -0.4 is 0 Å². The molecule has 18 heavy (non-hydrogen) atoms. The van der Waals surface area contributed by atoms with Gasteiger partial charge in [-0.15, -0.1) is 0 Å². The Bertz CT molecular complexity index is 373. The third-order valence-electron chi connectivity index (χ3n) is 6.82. The minimum absolute atomic E-state index is 0.0289. The van der Waals surface area contributed by atoms with Gasteiger partial charge in [0, 0.05) is 11.3 Å². The summed E-state index contributed by atoms with van der Waals surface area (Å²) in [4.78, 5) is 0. The molecule has 0 N–H and O–H groups in total. The van der Waals surface area contributed by atoms with Gasteiger partial charge in [0.2, 0.25) is 0 Å². The number of rotatable bonds is 0. The summed E-state index contributed by atoms with van der Waals surface area (Å²) in [6, 6.07) is 0. The van der Waals surface area contributed by atoms with E-state index in [1.165, 1.54) is 19.3 Å². The largest absolute Gasteiger partial charge is 0.350 e. The molecule has 1 saturated heterocycles. The molecule has 4 atom stereocenters. The Morgan fingerprint density at radius 3 is 2.22 bits per heavy atom. The van der Waals surface area contributed by atoms with Crippen LogP contribution in [0.2, 0.25) is 0 Å². The Morgan fingerprint density at radius 2 is 1.72 bits per heavy atom. The first kappa shape index (κ1) is 12.9. The Morgan fingerprint density at radius 1 is 1.06 bits per heavy atom. The summed E-state index contributed by atoms with van der Waals surface area (Å²) in [5.74, 6) is 0.898. The molecule has 2 aliphatic carbocycles. The van der Waals surface area contributed by atoms with Crippen LogP contribution in [0, 0.1) is 22.7 Å². The van der Waals surface area contributed by atoms with Crippen molar-refractivity contribution >= 4 is 0 Å². The van der Waals surface area contributed by atoms with Gasteiger partial charge in [-0.25, -0.2) is 0 Å². The quantitative estimate of drug-likeness (QED) is 0.649. The van der Waals surface area contributed by atoms with Crippen LogP contribution in [0.5, 0.6) is 0 Å². The third kappa shape index (κ3) is 1.27. The van der Waals surface area contributed by atoms with E-state index >= 15 is 0 Å². The monoisotopic (exact) mass is 252 g/mol. The fourth-order valence-electron chi connectivity index (χ4n) is 5.23. The van der Waals surface area contributed by atoms with Gasteiger partial charge >= 0.3 is 0 Å². The molecule has 0 amide bonds. The first-order chi connectivity index (χ1) is 8.15. The zero-order chi connectivity index (χ0) is 13.4. The average Bonchev–Trinajstić information content (AvgIpc) is 2.56. The molecule has 2 bridgehead atoms. The van der Waals surface area contributed by atoms with E-state index in [2.05, 4.69) is 41.5 Å². The summed E-state index contributed by atoms with van der Waals surface area (Å²) in [5.41, 5.74) is 0.723. The highest BCUT2D eigenvalue weighted by Gasteiger charge is 2.72. The van der Waals surface area contributed by atoms with Crippen molar-refractivity contribution in [1.82, 2.24) is 0 Å². The fourth-order valence-corrected chi connectivity index (χ4v) is 5.23. The van der Waals surface area contributed by atoms with E-state index < -0.39 is 5.79 Å². The van der Waals surface area contributed by atoms with Crippen molar-refractivity contribution in [2.45, 2.75) is 72.2 Å². The van der Waals surface area contributed by atoms with Gasteiger partial charge in [-0.05, 0) is 44.4 Å². The highest BCUT2D eigenvalue weighted by Crippen LogP contribution is 2.73. The van der Waals surface area contributed by atoms with E-state index in [0.29, 0.717) is 16.7 Å². The lowest BCUT2D eigenvalue weighted by molar-refractivity contribution is -0.357. The smallest absolute Gasteiger partial charge is 0.163 e. The molecule has 3 fully saturated rings. The van der Waals surface area contributed by atoms with Crippen LogP contribution in [-0.2, 0) is 9.47 Å². The number of ether oxygens (including phenoxy) is 2. The van der Waals surface area contributed by atoms with Gasteiger partial charge in [-0.2, -0.15) is 0 Å². The molecule has 1 aliphatic heterocycles. The summed E-state index contributed by atoms with van der Waals surface area (Å²) in [6.45, 7) is 14.7. The molecule has 3 rings (SSSR count). The van der Waals surface area contributed by atoms with Crippen LogP contribution >= 0.6 is 0 Å². The van der Waals surface area contributed by atoms with E-state index in [1.54, 1.807) is 0 Å². The van der Waals surface area contributed by atoms with Crippen molar-refractivity contribution in [3.8, 4) is 0 Å². The summed E-state index contributed by atoms with van der Waals surface area (Å²) in [6.07, 6.45) is 3.91. The molecule has 2 saturated carbocycles. The van der Waals surface area contributed by atoms with Crippen molar-refractivity contribution in [3.63, 3.8) is 0 Å². The van der Waals surface area contributed by atoms with Crippen molar-refractivity contribution in [1.29, 1.82) is 0 Å². The molecule has 2 heteroatoms. The molecule has 0 aromatic rings. The van der Waals surface area contributed by atoms with Crippen molar-refractivity contribution < 1.29 is 9.47 Å². The van der Waals surface area contributed by atoms with E-state index in [4.69, 9.17) is 9.47 Å². The predicted octanol–water partition coefficient (Wildman–Crippen LogP) is 3.99. The van der Waals surface area contributed by atoms with Gasteiger partial charge < -0.3 is 9.47 Å². The second kappa shape index (κ2) is 3.32. The highest BCUT2D eigenvalue weighted by molar-refractivity contribution is 5.20. The standard InChI is InChI=1S/C16H28O2/c1-11-10-17-14(4,5)18-16(11)9-12-7-8-15(16,6)13(12,2)3/h11-12H,7-10H2,1-6H3/t11-,12+,15+,16-/m0/s1. The molecule has 104 valence electrons. The minimum atomic E-state index is -0.421. The van der Waals surface area contributed by atoms with Gasteiger partial charge in [-0.3, -0.25) is 0 Å². The Balaban J connectivity index is 2.06. The van der Waals surface area contributed by atoms with Gasteiger partial charge in [-0.1, -0.05) is 27.7 Å². The van der Waals surface area contributed by atoms with Crippen LogP contribution in [0.3, 0.4) is 0 Å². The second-order valence-corrected chi connectivity index (χ2v) is 8.10. The SMILES string of the molecule is C[C@H]1COC(C)(C)O[C@@]12C[C@H]1CC[C@]2(C)C1(C)C. The molecule has 0 unspecified atom stereocenters. The Labute approximate surface area is 111 Å². The summed E-state index contributed by atoms with van der Waals surface area (Å²) in [7, 11) is 0. The average molecular weight is 252 g/mol. The van der Waals surface area contributed by atoms with E-state index in [0.717, 1.165) is 12.5 Å². The van der Waals surface area contributed by atoms with Crippen LogP contribution in [0.15, 0.2) is 0 Å². The molecule has 0 radical (unpaired) electrons. The molecular formula is C16H28O2. The zero-order valence-electron chi connectivity index (χ0n) is 12.8. The van der Waals surface area contributed by atoms with Gasteiger partial charge in [0.05, 0.1) is 12.2 Å². The maximum atomic E-state index is 6.58. The van der Waals surface area contributed by atoms with E-state index in [-0.39, 0.29) is 5.60 Å². The minimum Gasteiger partial charge on any atom is -0.350 e.